The topological polar surface area (TPSA) is 32.7 Å². The zero-order valence-electron chi connectivity index (χ0n) is 10.6. The summed E-state index contributed by atoms with van der Waals surface area (Å²) >= 11 is 0. The third kappa shape index (κ3) is 2.41. The van der Waals surface area contributed by atoms with Gasteiger partial charge in [-0.2, -0.15) is 0 Å². The van der Waals surface area contributed by atoms with Gasteiger partial charge in [-0.25, -0.2) is 0 Å². The van der Waals surface area contributed by atoms with E-state index in [-0.39, 0.29) is 5.54 Å². The lowest BCUT2D eigenvalue weighted by atomic mass is 9.86. The third-order valence-corrected chi connectivity index (χ3v) is 4.49. The van der Waals surface area contributed by atoms with Crippen molar-refractivity contribution in [2.45, 2.75) is 51.2 Å². The molecule has 2 unspecified atom stereocenters. The Morgan fingerprint density at radius 1 is 1.38 bits per heavy atom. The fourth-order valence-electron chi connectivity index (χ4n) is 3.23. The number of hydrogen-bond acceptors (Lipinski definition) is 3. The maximum absolute atomic E-state index is 9.09. The van der Waals surface area contributed by atoms with Crippen LogP contribution in [-0.4, -0.2) is 48.0 Å². The fraction of sp³-hybridized carbons (Fsp3) is 1.00. The lowest BCUT2D eigenvalue weighted by Crippen LogP contribution is -2.46. The number of nitrogens with zero attached hydrogens (tertiary/aromatic N) is 1. The largest absolute Gasteiger partial charge is 0.396 e. The minimum absolute atomic E-state index is 0.231. The summed E-state index contributed by atoms with van der Waals surface area (Å²) < 4.78 is 5.71. The Kier molecular flexibility index (Phi) is 3.88. The molecule has 2 atom stereocenters. The summed E-state index contributed by atoms with van der Waals surface area (Å²) in [5, 5.41) is 9.09. The van der Waals surface area contributed by atoms with Crippen LogP contribution in [0.4, 0.5) is 0 Å². The highest BCUT2D eigenvalue weighted by Gasteiger charge is 2.41. The SMILES string of the molecule is CC1(C)C(CCO)CCN1CC1CCCO1. The lowest BCUT2D eigenvalue weighted by Gasteiger charge is -2.37. The van der Waals surface area contributed by atoms with Gasteiger partial charge >= 0.3 is 0 Å². The average Bonchev–Trinajstić information content (AvgIpc) is 2.82. The van der Waals surface area contributed by atoms with Crippen molar-refractivity contribution in [1.82, 2.24) is 4.90 Å². The van der Waals surface area contributed by atoms with Crippen molar-refractivity contribution in [3.63, 3.8) is 0 Å². The van der Waals surface area contributed by atoms with E-state index >= 15 is 0 Å². The molecule has 0 saturated carbocycles. The molecule has 2 aliphatic rings. The van der Waals surface area contributed by atoms with Crippen LogP contribution in [0.5, 0.6) is 0 Å². The van der Waals surface area contributed by atoms with Crippen molar-refractivity contribution in [3.05, 3.63) is 0 Å². The molecule has 0 aliphatic carbocycles. The maximum Gasteiger partial charge on any atom is 0.0703 e. The van der Waals surface area contributed by atoms with Gasteiger partial charge in [-0.05, 0) is 52.0 Å². The molecular formula is C13H25NO2. The van der Waals surface area contributed by atoms with Crippen molar-refractivity contribution in [1.29, 1.82) is 0 Å². The Balaban J connectivity index is 1.90. The zero-order chi connectivity index (χ0) is 11.6. The minimum Gasteiger partial charge on any atom is -0.396 e. The van der Waals surface area contributed by atoms with Crippen molar-refractivity contribution >= 4 is 0 Å². The molecule has 3 heteroatoms. The first-order valence-electron chi connectivity index (χ1n) is 6.62. The summed E-state index contributed by atoms with van der Waals surface area (Å²) in [6, 6.07) is 0. The highest BCUT2D eigenvalue weighted by molar-refractivity contribution is 4.96. The van der Waals surface area contributed by atoms with Gasteiger partial charge in [-0.3, -0.25) is 4.90 Å². The number of rotatable bonds is 4. The summed E-state index contributed by atoms with van der Waals surface area (Å²) in [7, 11) is 0. The summed E-state index contributed by atoms with van der Waals surface area (Å²) in [5.74, 6) is 0.638. The van der Waals surface area contributed by atoms with Crippen molar-refractivity contribution in [3.8, 4) is 0 Å². The second-order valence-electron chi connectivity index (χ2n) is 5.73. The van der Waals surface area contributed by atoms with E-state index in [1.807, 2.05) is 0 Å². The molecule has 2 heterocycles. The molecule has 2 rings (SSSR count). The van der Waals surface area contributed by atoms with Gasteiger partial charge in [0.1, 0.15) is 0 Å². The maximum atomic E-state index is 9.09. The molecule has 2 fully saturated rings. The molecule has 0 bridgehead atoms. The quantitative estimate of drug-likeness (QED) is 0.792. The van der Waals surface area contributed by atoms with Crippen molar-refractivity contribution < 1.29 is 9.84 Å². The van der Waals surface area contributed by atoms with E-state index in [9.17, 15) is 0 Å². The number of ether oxygens (including phenoxy) is 1. The smallest absolute Gasteiger partial charge is 0.0703 e. The first-order valence-corrected chi connectivity index (χ1v) is 6.62. The Morgan fingerprint density at radius 3 is 2.81 bits per heavy atom. The van der Waals surface area contributed by atoms with Crippen LogP contribution in [0.3, 0.4) is 0 Å². The minimum atomic E-state index is 0.231. The van der Waals surface area contributed by atoms with Crippen LogP contribution in [0.15, 0.2) is 0 Å². The van der Waals surface area contributed by atoms with E-state index in [2.05, 4.69) is 18.7 Å². The molecule has 2 saturated heterocycles. The van der Waals surface area contributed by atoms with Gasteiger partial charge in [0.15, 0.2) is 0 Å². The first kappa shape index (κ1) is 12.3. The van der Waals surface area contributed by atoms with Crippen LogP contribution in [0, 0.1) is 5.92 Å². The molecule has 0 aromatic rings. The highest BCUT2D eigenvalue weighted by atomic mass is 16.5. The molecule has 1 N–H and O–H groups in total. The Labute approximate surface area is 98.8 Å². The van der Waals surface area contributed by atoms with E-state index in [4.69, 9.17) is 9.84 Å². The van der Waals surface area contributed by atoms with Gasteiger partial charge in [0.05, 0.1) is 6.10 Å². The summed E-state index contributed by atoms with van der Waals surface area (Å²) in [6.45, 7) is 8.14. The van der Waals surface area contributed by atoms with E-state index in [1.165, 1.54) is 19.3 Å². The van der Waals surface area contributed by atoms with Gasteiger partial charge < -0.3 is 9.84 Å². The Hall–Kier alpha value is -0.120. The predicted molar refractivity (Wildman–Crippen MR) is 64.4 cm³/mol. The van der Waals surface area contributed by atoms with Gasteiger partial charge in [-0.15, -0.1) is 0 Å². The van der Waals surface area contributed by atoms with E-state index in [0.29, 0.717) is 18.6 Å². The van der Waals surface area contributed by atoms with E-state index in [0.717, 1.165) is 26.1 Å². The molecular weight excluding hydrogens is 202 g/mol. The van der Waals surface area contributed by atoms with Crippen LogP contribution in [0.2, 0.25) is 0 Å². The van der Waals surface area contributed by atoms with Crippen LogP contribution in [-0.2, 0) is 4.74 Å². The molecule has 16 heavy (non-hydrogen) atoms. The van der Waals surface area contributed by atoms with Crippen LogP contribution in [0.1, 0.15) is 39.5 Å². The second-order valence-corrected chi connectivity index (χ2v) is 5.73. The van der Waals surface area contributed by atoms with Crippen LogP contribution < -0.4 is 0 Å². The van der Waals surface area contributed by atoms with E-state index < -0.39 is 0 Å². The van der Waals surface area contributed by atoms with Gasteiger partial charge in [-0.1, -0.05) is 0 Å². The second kappa shape index (κ2) is 5.03. The highest BCUT2D eigenvalue weighted by Crippen LogP contribution is 2.37. The summed E-state index contributed by atoms with van der Waals surface area (Å²) in [5.41, 5.74) is 0.231. The first-order chi connectivity index (χ1) is 7.64. The Morgan fingerprint density at radius 2 is 2.19 bits per heavy atom. The van der Waals surface area contributed by atoms with Crippen LogP contribution >= 0.6 is 0 Å². The third-order valence-electron chi connectivity index (χ3n) is 4.49. The molecule has 0 spiro atoms. The normalized spacial score (nSPS) is 34.7. The van der Waals surface area contributed by atoms with E-state index in [1.54, 1.807) is 0 Å². The monoisotopic (exact) mass is 227 g/mol. The summed E-state index contributed by atoms with van der Waals surface area (Å²) in [6.07, 6.45) is 5.05. The number of likely N-dealkylation sites (tertiary alicyclic amines) is 1. The molecule has 3 nitrogen and oxygen atoms in total. The standard InChI is InChI=1S/C13H25NO2/c1-13(2)11(6-8-15)5-7-14(13)10-12-4-3-9-16-12/h11-12,15H,3-10H2,1-2H3. The number of aliphatic hydroxyl groups excluding tert-OH is 1. The van der Waals surface area contributed by atoms with Gasteiger partial charge in [0, 0.05) is 25.3 Å². The lowest BCUT2D eigenvalue weighted by molar-refractivity contribution is 0.0392. The zero-order valence-corrected chi connectivity index (χ0v) is 10.6. The number of hydrogen-bond donors (Lipinski definition) is 1. The van der Waals surface area contributed by atoms with Gasteiger partial charge in [0.2, 0.25) is 0 Å². The molecule has 2 aliphatic heterocycles. The Bertz CT molecular complexity index is 224. The molecule has 0 aromatic carbocycles. The molecule has 0 radical (unpaired) electrons. The molecule has 94 valence electrons. The molecule has 0 aromatic heterocycles. The number of aliphatic hydroxyl groups is 1. The van der Waals surface area contributed by atoms with Crippen LogP contribution in [0.25, 0.3) is 0 Å². The predicted octanol–water partition coefficient (Wildman–Crippen LogP) is 1.65. The fourth-order valence-corrected chi connectivity index (χ4v) is 3.23. The summed E-state index contributed by atoms with van der Waals surface area (Å²) in [4.78, 5) is 2.56. The van der Waals surface area contributed by atoms with Gasteiger partial charge in [0.25, 0.3) is 0 Å². The van der Waals surface area contributed by atoms with Crippen molar-refractivity contribution in [2.75, 3.05) is 26.3 Å². The average molecular weight is 227 g/mol. The van der Waals surface area contributed by atoms with Crippen molar-refractivity contribution in [2.24, 2.45) is 5.92 Å². The molecule has 0 amide bonds.